The summed E-state index contributed by atoms with van der Waals surface area (Å²) in [6.45, 7) is 1.96. The maximum Gasteiger partial charge on any atom is 0.226 e. The van der Waals surface area contributed by atoms with Gasteiger partial charge < -0.3 is 4.98 Å². The van der Waals surface area contributed by atoms with Crippen LogP contribution in [-0.2, 0) is 16.0 Å². The molecule has 0 spiro atoms. The lowest BCUT2D eigenvalue weighted by atomic mass is 10.1. The molecule has 0 bridgehead atoms. The molecule has 4 nitrogen and oxygen atoms in total. The van der Waals surface area contributed by atoms with Crippen molar-refractivity contribution in [2.75, 3.05) is 0 Å². The first-order valence-electron chi connectivity index (χ1n) is 5.72. The fourth-order valence-electron chi connectivity index (χ4n) is 1.39. The van der Waals surface area contributed by atoms with Crippen molar-refractivity contribution in [2.45, 2.75) is 32.6 Å². The van der Waals surface area contributed by atoms with Gasteiger partial charge in [-0.1, -0.05) is 19.1 Å². The van der Waals surface area contributed by atoms with E-state index in [1.54, 1.807) is 6.20 Å². The van der Waals surface area contributed by atoms with Crippen molar-refractivity contribution in [1.82, 2.24) is 10.3 Å². The van der Waals surface area contributed by atoms with E-state index in [-0.39, 0.29) is 22.3 Å². The number of piperidine rings is 1. The molecule has 18 heavy (non-hydrogen) atoms. The lowest BCUT2D eigenvalue weighted by Gasteiger charge is -2.07. The smallest absolute Gasteiger partial charge is 0.226 e. The number of carbonyl (C=O) groups is 2. The zero-order chi connectivity index (χ0) is 13.5. The molecule has 2 rings (SSSR count). The van der Waals surface area contributed by atoms with Gasteiger partial charge in [0.1, 0.15) is 4.64 Å². The Kier molecular flexibility index (Phi) is 5.64. The van der Waals surface area contributed by atoms with Crippen LogP contribution in [0.5, 0.6) is 0 Å². The summed E-state index contributed by atoms with van der Waals surface area (Å²) < 4.78 is 12.8. The number of imide groups is 1. The normalized spacial score (nSPS) is 14.6. The Hall–Kier alpha value is -1.56. The van der Waals surface area contributed by atoms with Gasteiger partial charge in [-0.25, -0.2) is 4.39 Å². The molecule has 1 aliphatic heterocycles. The summed E-state index contributed by atoms with van der Waals surface area (Å²) in [6.07, 6.45) is 4.27. The first-order valence-corrected chi connectivity index (χ1v) is 6.13. The Balaban J connectivity index is 0.000000184. The number of pyridine rings is 1. The predicted octanol–water partition coefficient (Wildman–Crippen LogP) is 2.26. The molecule has 2 amide bonds. The molecular weight excluding hydrogens is 255 g/mol. The van der Waals surface area contributed by atoms with Crippen molar-refractivity contribution in [2.24, 2.45) is 0 Å². The average molecular weight is 270 g/mol. The van der Waals surface area contributed by atoms with E-state index >= 15 is 0 Å². The topological polar surface area (TPSA) is 62.0 Å². The molecule has 0 radical (unpaired) electrons. The van der Waals surface area contributed by atoms with Crippen LogP contribution in [0.3, 0.4) is 0 Å². The van der Waals surface area contributed by atoms with Gasteiger partial charge in [0.25, 0.3) is 0 Å². The summed E-state index contributed by atoms with van der Waals surface area (Å²) in [7, 11) is 0. The van der Waals surface area contributed by atoms with Gasteiger partial charge in [-0.05, 0) is 24.5 Å². The molecule has 1 saturated heterocycles. The van der Waals surface area contributed by atoms with Gasteiger partial charge in [0, 0.05) is 19.0 Å². The van der Waals surface area contributed by atoms with Crippen molar-refractivity contribution >= 4 is 24.0 Å². The summed E-state index contributed by atoms with van der Waals surface area (Å²) in [4.78, 5) is 23.3. The van der Waals surface area contributed by atoms with Crippen molar-refractivity contribution in [3.8, 4) is 0 Å². The number of halogens is 1. The van der Waals surface area contributed by atoms with Crippen LogP contribution in [0.15, 0.2) is 12.3 Å². The number of carbonyl (C=O) groups excluding carboxylic acids is 2. The average Bonchev–Trinajstić information content (AvgIpc) is 2.33. The van der Waals surface area contributed by atoms with Gasteiger partial charge in [0.15, 0.2) is 5.82 Å². The van der Waals surface area contributed by atoms with E-state index in [0.29, 0.717) is 19.3 Å². The van der Waals surface area contributed by atoms with Crippen LogP contribution in [0.25, 0.3) is 0 Å². The molecule has 1 aromatic rings. The van der Waals surface area contributed by atoms with E-state index in [9.17, 15) is 14.0 Å². The van der Waals surface area contributed by atoms with Crippen LogP contribution in [-0.4, -0.2) is 16.8 Å². The van der Waals surface area contributed by atoms with E-state index in [2.05, 4.69) is 22.5 Å². The molecule has 98 valence electrons. The minimum atomic E-state index is -0.339. The molecule has 0 aromatic carbocycles. The number of aromatic amines is 1. The Labute approximate surface area is 110 Å². The van der Waals surface area contributed by atoms with Gasteiger partial charge in [0.2, 0.25) is 11.8 Å². The maximum absolute atomic E-state index is 12.6. The number of hydrogen-bond acceptors (Lipinski definition) is 3. The van der Waals surface area contributed by atoms with Crippen molar-refractivity contribution in [3.63, 3.8) is 0 Å². The maximum atomic E-state index is 12.6. The summed E-state index contributed by atoms with van der Waals surface area (Å²) in [5.41, 5.74) is 0.936. The highest BCUT2D eigenvalue weighted by molar-refractivity contribution is 7.71. The molecule has 0 unspecified atom stereocenters. The third kappa shape index (κ3) is 4.75. The zero-order valence-corrected chi connectivity index (χ0v) is 10.9. The van der Waals surface area contributed by atoms with Crippen LogP contribution >= 0.6 is 12.2 Å². The third-order valence-corrected chi connectivity index (χ3v) is 2.73. The first kappa shape index (κ1) is 14.5. The van der Waals surface area contributed by atoms with E-state index in [1.807, 2.05) is 6.92 Å². The quantitative estimate of drug-likeness (QED) is 0.608. The molecule has 1 aromatic heterocycles. The van der Waals surface area contributed by atoms with E-state index < -0.39 is 0 Å². The fraction of sp³-hybridized carbons (Fsp3) is 0.417. The highest BCUT2D eigenvalue weighted by atomic mass is 32.1. The highest BCUT2D eigenvalue weighted by Gasteiger charge is 2.12. The van der Waals surface area contributed by atoms with Crippen LogP contribution < -0.4 is 5.32 Å². The lowest BCUT2D eigenvalue weighted by molar-refractivity contribution is -0.132. The van der Waals surface area contributed by atoms with Crippen LogP contribution in [0.2, 0.25) is 0 Å². The minimum Gasteiger partial charge on any atom is -0.350 e. The summed E-state index contributed by atoms with van der Waals surface area (Å²) in [5.74, 6) is -0.614. The van der Waals surface area contributed by atoms with Gasteiger partial charge in [-0.3, -0.25) is 14.9 Å². The van der Waals surface area contributed by atoms with Crippen molar-refractivity contribution in [3.05, 3.63) is 28.3 Å². The molecule has 2 N–H and O–H groups in total. The highest BCUT2D eigenvalue weighted by Crippen LogP contribution is 2.02. The largest absolute Gasteiger partial charge is 0.350 e. The molecule has 0 aliphatic carbocycles. The Morgan fingerprint density at radius 1 is 1.33 bits per heavy atom. The Morgan fingerprint density at radius 2 is 1.94 bits per heavy atom. The third-order valence-electron chi connectivity index (χ3n) is 2.41. The van der Waals surface area contributed by atoms with Crippen LogP contribution in [0, 0.1) is 10.5 Å². The van der Waals surface area contributed by atoms with Crippen molar-refractivity contribution in [1.29, 1.82) is 0 Å². The standard InChI is InChI=1S/C7H8FNS.C5H7NO2/c1-2-5-3-6(8)7(10)9-4-5;7-4-2-1-3-5(8)6-4/h3-4H,2H2,1H3,(H,9,10);1-3H2,(H,6,7,8). The molecule has 6 heteroatoms. The number of H-pyrrole nitrogens is 1. The number of aromatic nitrogens is 1. The Bertz CT molecular complexity index is 485. The predicted molar refractivity (Wildman–Crippen MR) is 68.0 cm³/mol. The second kappa shape index (κ2) is 7.00. The van der Waals surface area contributed by atoms with Gasteiger partial charge in [0.05, 0.1) is 0 Å². The number of amides is 2. The summed E-state index contributed by atoms with van der Waals surface area (Å²) in [5, 5.41) is 2.20. The van der Waals surface area contributed by atoms with Crippen molar-refractivity contribution < 1.29 is 14.0 Å². The summed E-state index contributed by atoms with van der Waals surface area (Å²) >= 11 is 4.63. The zero-order valence-electron chi connectivity index (χ0n) is 10.1. The number of aryl methyl sites for hydroxylation is 1. The molecule has 2 heterocycles. The lowest BCUT2D eigenvalue weighted by Crippen LogP contribution is -2.33. The van der Waals surface area contributed by atoms with Crippen LogP contribution in [0.4, 0.5) is 4.39 Å². The second-order valence-electron chi connectivity index (χ2n) is 3.86. The van der Waals surface area contributed by atoms with E-state index in [0.717, 1.165) is 12.0 Å². The molecule has 1 aliphatic rings. The molecular formula is C12H15FN2O2S. The fourth-order valence-corrected chi connectivity index (χ4v) is 1.51. The molecule has 0 saturated carbocycles. The SMILES string of the molecule is CCc1c[nH]c(=S)c(F)c1.O=C1CCCC(=O)N1. The van der Waals surface area contributed by atoms with Gasteiger partial charge >= 0.3 is 0 Å². The Morgan fingerprint density at radius 3 is 2.33 bits per heavy atom. The number of rotatable bonds is 1. The summed E-state index contributed by atoms with van der Waals surface area (Å²) in [6, 6.07) is 1.46. The van der Waals surface area contributed by atoms with Gasteiger partial charge in [-0.2, -0.15) is 0 Å². The van der Waals surface area contributed by atoms with Crippen LogP contribution in [0.1, 0.15) is 31.7 Å². The molecule has 1 fully saturated rings. The van der Waals surface area contributed by atoms with Gasteiger partial charge in [-0.15, -0.1) is 0 Å². The number of nitrogens with one attached hydrogen (secondary N) is 2. The minimum absolute atomic E-state index is 0.138. The molecule has 0 atom stereocenters. The van der Waals surface area contributed by atoms with E-state index in [4.69, 9.17) is 0 Å². The monoisotopic (exact) mass is 270 g/mol. The van der Waals surface area contributed by atoms with E-state index in [1.165, 1.54) is 6.07 Å². The first-order chi connectivity index (χ1) is 8.52. The number of hydrogen-bond donors (Lipinski definition) is 2. The second-order valence-corrected chi connectivity index (χ2v) is 4.27.